The molecule has 8 N–H and O–H groups in total. The van der Waals surface area contributed by atoms with Crippen molar-refractivity contribution in [2.24, 2.45) is 16.2 Å². The van der Waals surface area contributed by atoms with Gasteiger partial charge in [0.1, 0.15) is 17.2 Å². The number of nitrogens with two attached hydrogens (primary N) is 2. The zero-order valence-electron chi connectivity index (χ0n) is 26.8. The van der Waals surface area contributed by atoms with Crippen molar-refractivity contribution < 1.29 is 14.6 Å². The van der Waals surface area contributed by atoms with Gasteiger partial charge >= 0.3 is 0 Å². The second kappa shape index (κ2) is 22.9. The predicted octanol–water partition coefficient (Wildman–Crippen LogP) is 7.61. The number of carbonyl (C=O) groups excluding carboxylic acids is 1. The molecule has 0 aromatic heterocycles. The topological polar surface area (TPSA) is 159 Å². The number of para-hydroxylation sites is 1. The van der Waals surface area contributed by atoms with E-state index < -0.39 is 0 Å². The number of amides is 1. The fourth-order valence-corrected chi connectivity index (χ4v) is 3.52. The van der Waals surface area contributed by atoms with Crippen molar-refractivity contribution in [1.29, 1.82) is 5.41 Å². The molecule has 0 aliphatic rings. The third-order valence-electron chi connectivity index (χ3n) is 5.82. The maximum Gasteiger partial charge on any atom is 0.255 e. The molecule has 0 aliphatic heterocycles. The van der Waals surface area contributed by atoms with E-state index in [4.69, 9.17) is 20.6 Å². The lowest BCUT2D eigenvalue weighted by atomic mass is 10.1. The van der Waals surface area contributed by atoms with Crippen LogP contribution < -0.4 is 26.6 Å². The minimum Gasteiger partial charge on any atom is -0.508 e. The molecule has 4 rings (SSSR count). The molecular formula is C35H47N6O3P. The van der Waals surface area contributed by atoms with E-state index in [9.17, 15) is 9.90 Å². The summed E-state index contributed by atoms with van der Waals surface area (Å²) in [5.74, 6) is 1.40. The zero-order chi connectivity index (χ0) is 33.5. The third kappa shape index (κ3) is 15.6. The van der Waals surface area contributed by atoms with Crippen LogP contribution in [0.25, 0.3) is 0 Å². The number of rotatable bonds is 9. The molecule has 1 unspecified atom stereocenters. The summed E-state index contributed by atoms with van der Waals surface area (Å²) in [5, 5.41) is 21.1. The van der Waals surface area contributed by atoms with Gasteiger partial charge in [0.15, 0.2) is 0 Å². The van der Waals surface area contributed by atoms with Gasteiger partial charge in [0.2, 0.25) is 0 Å². The van der Waals surface area contributed by atoms with Crippen molar-refractivity contribution in [3.8, 4) is 17.2 Å². The largest absolute Gasteiger partial charge is 0.508 e. The number of nitrogens with zero attached hydrogens (tertiary/aromatic N) is 1. The molecule has 0 fully saturated rings. The van der Waals surface area contributed by atoms with Gasteiger partial charge in [-0.25, -0.2) is 0 Å². The number of phenolic OH excluding ortho intramolecular Hbond substituents is 1. The van der Waals surface area contributed by atoms with Crippen LogP contribution in [-0.4, -0.2) is 42.8 Å². The first-order valence-electron chi connectivity index (χ1n) is 14.6. The van der Waals surface area contributed by atoms with Crippen LogP contribution in [-0.2, 0) is 0 Å². The van der Waals surface area contributed by atoms with Crippen molar-refractivity contribution in [2.75, 3.05) is 25.1 Å². The van der Waals surface area contributed by atoms with Crippen molar-refractivity contribution in [1.82, 2.24) is 5.32 Å². The highest BCUT2D eigenvalue weighted by Crippen LogP contribution is 2.25. The predicted molar refractivity (Wildman–Crippen MR) is 192 cm³/mol. The highest BCUT2D eigenvalue weighted by molar-refractivity contribution is 7.35. The van der Waals surface area contributed by atoms with Crippen LogP contribution in [0.15, 0.2) is 102 Å². The molecule has 0 bridgehead atoms. The summed E-state index contributed by atoms with van der Waals surface area (Å²) in [5.41, 5.74) is 14.0. The van der Waals surface area contributed by atoms with Crippen LogP contribution >= 0.6 is 8.73 Å². The number of hydrogen-bond acceptors (Lipinski definition) is 7. The zero-order valence-corrected chi connectivity index (χ0v) is 27.8. The Morgan fingerprint density at radius 1 is 0.956 bits per heavy atom. The number of aliphatic imine (C=N–C) groups is 1. The lowest BCUT2D eigenvalue weighted by Gasteiger charge is -2.10. The van der Waals surface area contributed by atoms with Crippen LogP contribution in [0.4, 0.5) is 11.4 Å². The maximum absolute atomic E-state index is 12.7. The number of hydrogen-bond donors (Lipinski definition) is 6. The first-order chi connectivity index (χ1) is 21.7. The lowest BCUT2D eigenvalue weighted by Crippen LogP contribution is -2.11. The Hall–Kier alpha value is -4.56. The quantitative estimate of drug-likeness (QED) is 0.0483. The van der Waals surface area contributed by atoms with E-state index in [1.807, 2.05) is 81.6 Å². The molecule has 0 heterocycles. The monoisotopic (exact) mass is 630 g/mol. The Labute approximate surface area is 269 Å². The highest BCUT2D eigenvalue weighted by Gasteiger charge is 2.10. The molecule has 0 radical (unpaired) electrons. The van der Waals surface area contributed by atoms with Crippen LogP contribution in [0.2, 0.25) is 0 Å². The van der Waals surface area contributed by atoms with Crippen molar-refractivity contribution >= 4 is 38.1 Å². The molecule has 240 valence electrons. The fourth-order valence-electron chi connectivity index (χ4n) is 3.52. The fraction of sp³-hybridized carbons (Fsp3) is 0.229. The number of aryl methyl sites for hydroxylation is 1. The molecule has 45 heavy (non-hydrogen) atoms. The number of anilines is 1. The second-order valence-electron chi connectivity index (χ2n) is 9.47. The SMILES string of the molecule is CC(=Nc1cc(C(=O)Nc2ccc(O)cc2)ccc1C)c1cccc(Oc2ccccc2)c1.CCCNC.CCPN.N=CN. The van der Waals surface area contributed by atoms with Crippen molar-refractivity contribution in [3.63, 3.8) is 0 Å². The Morgan fingerprint density at radius 2 is 1.58 bits per heavy atom. The molecule has 1 amide bonds. The smallest absolute Gasteiger partial charge is 0.255 e. The molecule has 10 heteroatoms. The van der Waals surface area contributed by atoms with E-state index in [2.05, 4.69) is 30.2 Å². The molecular weight excluding hydrogens is 583 g/mol. The number of benzene rings is 4. The van der Waals surface area contributed by atoms with Gasteiger partial charge in [-0.15, -0.1) is 0 Å². The summed E-state index contributed by atoms with van der Waals surface area (Å²) in [6.07, 6.45) is 3.11. The second-order valence-corrected chi connectivity index (χ2v) is 10.6. The summed E-state index contributed by atoms with van der Waals surface area (Å²) in [4.78, 5) is 17.5. The van der Waals surface area contributed by atoms with Crippen LogP contribution in [0, 0.1) is 12.3 Å². The summed E-state index contributed by atoms with van der Waals surface area (Å²) in [6, 6.07) is 29.2. The van der Waals surface area contributed by atoms with Crippen LogP contribution in [0.1, 0.15) is 48.7 Å². The summed E-state index contributed by atoms with van der Waals surface area (Å²) >= 11 is 0. The van der Waals surface area contributed by atoms with Crippen LogP contribution in [0.5, 0.6) is 17.2 Å². The first kappa shape index (κ1) is 38.5. The number of phenols is 1. The van der Waals surface area contributed by atoms with E-state index in [1.54, 1.807) is 24.3 Å². The van der Waals surface area contributed by atoms with E-state index in [-0.39, 0.29) is 11.7 Å². The molecule has 0 aliphatic carbocycles. The normalized spacial score (nSPS) is 10.3. The van der Waals surface area contributed by atoms with E-state index in [0.717, 1.165) is 53.1 Å². The van der Waals surface area contributed by atoms with Crippen molar-refractivity contribution in [3.05, 3.63) is 114 Å². The minimum atomic E-state index is -0.243. The minimum absolute atomic E-state index is 0.147. The molecule has 0 saturated carbocycles. The standard InChI is InChI=1S/C28H24N2O3.C4H11N.C2H8NP.CH4N2/c1-19-11-12-22(28(32)30-23-13-15-24(31)16-14-23)18-27(19)29-20(2)21-7-6-10-26(17-21)33-25-8-4-3-5-9-25;1-3-4-5-2;1-2-4-3;2-1-3/h3-18,31H,1-2H3,(H,30,32);5H,3-4H2,1-2H3;4H,2-3H2,1H3;1H,(H3,2,3). The molecule has 0 saturated heterocycles. The molecule has 4 aromatic rings. The van der Waals surface area contributed by atoms with Gasteiger partial charge < -0.3 is 31.7 Å². The van der Waals surface area contributed by atoms with E-state index >= 15 is 0 Å². The van der Waals surface area contributed by atoms with Gasteiger partial charge in [-0.1, -0.05) is 59.0 Å². The number of ether oxygens (including phenoxy) is 1. The third-order valence-corrected chi connectivity index (χ3v) is 6.23. The number of carbonyl (C=O) groups is 1. The Morgan fingerprint density at radius 3 is 2.13 bits per heavy atom. The Balaban J connectivity index is 0.000000725. The molecule has 9 nitrogen and oxygen atoms in total. The average molecular weight is 631 g/mol. The number of nitrogens with one attached hydrogen (secondary N) is 3. The van der Waals surface area contributed by atoms with Gasteiger partial charge in [0.25, 0.3) is 5.91 Å². The van der Waals surface area contributed by atoms with Gasteiger partial charge in [0, 0.05) is 17.0 Å². The van der Waals surface area contributed by atoms with Gasteiger partial charge in [-0.2, -0.15) is 0 Å². The maximum atomic E-state index is 12.7. The molecule has 0 spiro atoms. The van der Waals surface area contributed by atoms with Gasteiger partial charge in [-0.05, 0) is 112 Å². The first-order valence-corrected chi connectivity index (χ1v) is 15.9. The lowest BCUT2D eigenvalue weighted by molar-refractivity contribution is 0.102. The Kier molecular flexibility index (Phi) is 19.6. The van der Waals surface area contributed by atoms with Crippen LogP contribution in [0.3, 0.4) is 0 Å². The Bertz CT molecular complexity index is 1440. The van der Waals surface area contributed by atoms with E-state index in [0.29, 0.717) is 20.0 Å². The summed E-state index contributed by atoms with van der Waals surface area (Å²) in [7, 11) is 2.60. The summed E-state index contributed by atoms with van der Waals surface area (Å²) in [6.45, 7) is 9.25. The van der Waals surface area contributed by atoms with Gasteiger partial charge in [-0.3, -0.25) is 15.2 Å². The number of aromatic hydroxyl groups is 1. The summed E-state index contributed by atoms with van der Waals surface area (Å²) < 4.78 is 5.93. The highest BCUT2D eigenvalue weighted by atomic mass is 31.1. The average Bonchev–Trinajstić information content (AvgIpc) is 3.05. The molecule has 1 atom stereocenters. The van der Waals surface area contributed by atoms with Gasteiger partial charge in [0.05, 0.1) is 12.0 Å². The van der Waals surface area contributed by atoms with E-state index in [1.165, 1.54) is 18.6 Å². The molecule has 4 aromatic carbocycles. The van der Waals surface area contributed by atoms with Crippen molar-refractivity contribution in [2.45, 2.75) is 34.1 Å².